The van der Waals surface area contributed by atoms with E-state index in [1.165, 1.54) is 11.1 Å². The van der Waals surface area contributed by atoms with Crippen molar-refractivity contribution in [1.29, 1.82) is 0 Å². The van der Waals surface area contributed by atoms with E-state index in [1.807, 2.05) is 13.8 Å². The minimum absolute atomic E-state index is 0.122. The summed E-state index contributed by atoms with van der Waals surface area (Å²) >= 11 is 0. The van der Waals surface area contributed by atoms with Gasteiger partial charge in [0.25, 0.3) is 0 Å². The molecule has 3 heteroatoms. The lowest BCUT2D eigenvalue weighted by Gasteiger charge is -2.42. The van der Waals surface area contributed by atoms with Crippen LogP contribution in [0.5, 0.6) is 0 Å². The fraction of sp³-hybridized carbons (Fsp3) is 0.600. The van der Waals surface area contributed by atoms with E-state index in [0.29, 0.717) is 17.9 Å². The van der Waals surface area contributed by atoms with Crippen LogP contribution >= 0.6 is 0 Å². The molecule has 0 N–H and O–H groups in total. The molecule has 0 aromatic carbocycles. The van der Waals surface area contributed by atoms with Crippen LogP contribution in [-0.4, -0.2) is 17.9 Å². The van der Waals surface area contributed by atoms with E-state index in [2.05, 4.69) is 26.8 Å². The van der Waals surface area contributed by atoms with Crippen molar-refractivity contribution in [2.24, 2.45) is 17.8 Å². The van der Waals surface area contributed by atoms with Crippen LogP contribution in [0.4, 0.5) is 0 Å². The highest BCUT2D eigenvalue weighted by Gasteiger charge is 2.42. The number of Topliss-reactive ketones (excluding diaryl/α,β-unsaturated/α-hetero) is 1. The molecule has 0 radical (unpaired) electrons. The summed E-state index contributed by atoms with van der Waals surface area (Å²) in [6.07, 6.45) is 5.02. The van der Waals surface area contributed by atoms with E-state index in [1.54, 1.807) is 13.0 Å². The maximum Gasteiger partial charge on any atom is 0.333 e. The number of ketones is 1. The van der Waals surface area contributed by atoms with Gasteiger partial charge in [0, 0.05) is 30.3 Å². The van der Waals surface area contributed by atoms with Crippen molar-refractivity contribution in [3.63, 3.8) is 0 Å². The van der Waals surface area contributed by atoms with Crippen molar-refractivity contribution in [3.05, 3.63) is 34.4 Å². The first kappa shape index (κ1) is 17.7. The van der Waals surface area contributed by atoms with Crippen molar-refractivity contribution in [1.82, 2.24) is 0 Å². The molecular weight excluding hydrogens is 288 g/mol. The highest BCUT2D eigenvalue weighted by atomic mass is 16.5. The van der Waals surface area contributed by atoms with E-state index in [9.17, 15) is 9.59 Å². The monoisotopic (exact) mass is 316 g/mol. The van der Waals surface area contributed by atoms with Crippen molar-refractivity contribution in [2.45, 2.75) is 60.5 Å². The molecule has 126 valence electrons. The Bertz CT molecular complexity index is 604. The first-order valence-electron chi connectivity index (χ1n) is 8.50. The SMILES string of the molecule is C/C=C(/C)C(=O)O[C@H]1CC(C)=C2CC(=O)C(C)=C[C@H]2[C@@H]1C(C)C. The largest absolute Gasteiger partial charge is 0.458 e. The van der Waals surface area contributed by atoms with Gasteiger partial charge < -0.3 is 4.74 Å². The predicted molar refractivity (Wildman–Crippen MR) is 91.8 cm³/mol. The summed E-state index contributed by atoms with van der Waals surface area (Å²) in [6, 6.07) is 0. The summed E-state index contributed by atoms with van der Waals surface area (Å²) in [4.78, 5) is 24.3. The summed E-state index contributed by atoms with van der Waals surface area (Å²) < 4.78 is 5.84. The Kier molecular flexibility index (Phi) is 5.28. The third-order valence-corrected chi connectivity index (χ3v) is 5.31. The Balaban J connectivity index is 2.37. The summed E-state index contributed by atoms with van der Waals surface area (Å²) in [7, 11) is 0. The molecule has 3 atom stereocenters. The van der Waals surface area contributed by atoms with Gasteiger partial charge in [-0.3, -0.25) is 4.79 Å². The maximum absolute atomic E-state index is 12.2. The van der Waals surface area contributed by atoms with Gasteiger partial charge in [-0.1, -0.05) is 37.1 Å². The van der Waals surface area contributed by atoms with Crippen LogP contribution in [0.2, 0.25) is 0 Å². The van der Waals surface area contributed by atoms with E-state index >= 15 is 0 Å². The molecule has 0 aromatic rings. The number of hydrogen-bond acceptors (Lipinski definition) is 3. The first-order valence-corrected chi connectivity index (χ1v) is 8.50. The van der Waals surface area contributed by atoms with Crippen LogP contribution < -0.4 is 0 Å². The molecule has 0 aromatic heterocycles. The number of fused-ring (bicyclic) bond motifs is 1. The van der Waals surface area contributed by atoms with Gasteiger partial charge in [0.2, 0.25) is 0 Å². The fourth-order valence-electron chi connectivity index (χ4n) is 3.78. The van der Waals surface area contributed by atoms with Crippen molar-refractivity contribution < 1.29 is 14.3 Å². The normalized spacial score (nSPS) is 28.7. The van der Waals surface area contributed by atoms with E-state index < -0.39 is 0 Å². The van der Waals surface area contributed by atoms with Gasteiger partial charge in [-0.2, -0.15) is 0 Å². The second-order valence-electron chi connectivity index (χ2n) is 7.22. The van der Waals surface area contributed by atoms with E-state index in [0.717, 1.165) is 12.0 Å². The topological polar surface area (TPSA) is 43.4 Å². The van der Waals surface area contributed by atoms with Crippen molar-refractivity contribution >= 4 is 11.8 Å². The molecule has 2 aliphatic carbocycles. The highest BCUT2D eigenvalue weighted by molar-refractivity contribution is 5.98. The number of esters is 1. The fourth-order valence-corrected chi connectivity index (χ4v) is 3.78. The average molecular weight is 316 g/mol. The van der Waals surface area contributed by atoms with Gasteiger partial charge in [0.05, 0.1) is 0 Å². The van der Waals surface area contributed by atoms with Crippen LogP contribution in [0, 0.1) is 17.8 Å². The molecule has 0 unspecified atom stereocenters. The number of rotatable bonds is 3. The zero-order chi connectivity index (χ0) is 17.3. The molecule has 0 amide bonds. The van der Waals surface area contributed by atoms with Crippen LogP contribution in [0.1, 0.15) is 54.4 Å². The van der Waals surface area contributed by atoms with E-state index in [4.69, 9.17) is 4.74 Å². The lowest BCUT2D eigenvalue weighted by Crippen LogP contribution is -2.41. The molecule has 2 rings (SSSR count). The summed E-state index contributed by atoms with van der Waals surface area (Å²) in [5.74, 6) is 0.810. The summed E-state index contributed by atoms with van der Waals surface area (Å²) in [5.41, 5.74) is 3.94. The quantitative estimate of drug-likeness (QED) is 0.440. The minimum atomic E-state index is -0.230. The molecule has 0 heterocycles. The number of carbonyl (C=O) groups is 2. The van der Waals surface area contributed by atoms with Gasteiger partial charge in [0.15, 0.2) is 5.78 Å². The standard InChI is InChI=1S/C20H28O3/c1-7-12(4)20(22)23-18-9-13(5)15-10-17(21)14(6)8-16(15)19(18)11(2)3/h7-8,11,16,18-19H,9-10H2,1-6H3/b12-7-/t16-,18+,19+/m1/s1. The van der Waals surface area contributed by atoms with Gasteiger partial charge in [-0.25, -0.2) is 4.79 Å². The molecule has 2 aliphatic rings. The Labute approximate surface area is 139 Å². The number of ether oxygens (including phenoxy) is 1. The zero-order valence-electron chi connectivity index (χ0n) is 15.1. The highest BCUT2D eigenvalue weighted by Crippen LogP contribution is 2.45. The van der Waals surface area contributed by atoms with Crippen LogP contribution in [0.15, 0.2) is 34.4 Å². The molecule has 23 heavy (non-hydrogen) atoms. The number of carbonyl (C=O) groups excluding carboxylic acids is 2. The zero-order valence-corrected chi connectivity index (χ0v) is 15.1. The maximum atomic E-state index is 12.2. The van der Waals surface area contributed by atoms with Crippen molar-refractivity contribution in [3.8, 4) is 0 Å². The third kappa shape index (κ3) is 3.49. The first-order chi connectivity index (χ1) is 10.8. The van der Waals surface area contributed by atoms with Crippen LogP contribution in [0.25, 0.3) is 0 Å². The van der Waals surface area contributed by atoms with E-state index in [-0.39, 0.29) is 29.7 Å². The third-order valence-electron chi connectivity index (χ3n) is 5.31. The Morgan fingerprint density at radius 1 is 1.35 bits per heavy atom. The van der Waals surface area contributed by atoms with Crippen molar-refractivity contribution in [2.75, 3.05) is 0 Å². The lowest BCUT2D eigenvalue weighted by atomic mass is 9.65. The summed E-state index contributed by atoms with van der Waals surface area (Å²) in [5, 5.41) is 0. The summed E-state index contributed by atoms with van der Waals surface area (Å²) in [6.45, 7) is 11.9. The Morgan fingerprint density at radius 2 is 2.00 bits per heavy atom. The molecule has 0 bridgehead atoms. The van der Waals surface area contributed by atoms with Crippen LogP contribution in [0.3, 0.4) is 0 Å². The van der Waals surface area contributed by atoms with Gasteiger partial charge >= 0.3 is 5.97 Å². The van der Waals surface area contributed by atoms with Gasteiger partial charge in [-0.05, 0) is 39.2 Å². The molecular formula is C20H28O3. The molecule has 0 saturated carbocycles. The van der Waals surface area contributed by atoms with Gasteiger partial charge in [-0.15, -0.1) is 0 Å². The number of allylic oxidation sites excluding steroid dienone is 4. The molecule has 3 nitrogen and oxygen atoms in total. The molecule has 0 saturated heterocycles. The lowest BCUT2D eigenvalue weighted by molar-refractivity contribution is -0.149. The molecule has 0 aliphatic heterocycles. The van der Waals surface area contributed by atoms with Gasteiger partial charge in [0.1, 0.15) is 6.10 Å². The Hall–Kier alpha value is -1.64. The molecule has 0 fully saturated rings. The smallest absolute Gasteiger partial charge is 0.333 e. The molecule has 0 spiro atoms. The predicted octanol–water partition coefficient (Wildman–Crippen LogP) is 4.39. The average Bonchev–Trinajstić information content (AvgIpc) is 2.48. The second-order valence-corrected chi connectivity index (χ2v) is 7.22. The van der Waals surface area contributed by atoms with Crippen LogP contribution in [-0.2, 0) is 14.3 Å². The minimum Gasteiger partial charge on any atom is -0.458 e. The number of hydrogen-bond donors (Lipinski definition) is 0. The second kappa shape index (κ2) is 6.86. The Morgan fingerprint density at radius 3 is 2.57 bits per heavy atom.